The fourth-order valence-corrected chi connectivity index (χ4v) is 1.94. The van der Waals surface area contributed by atoms with E-state index in [4.69, 9.17) is 5.26 Å². The van der Waals surface area contributed by atoms with Crippen LogP contribution < -0.4 is 5.32 Å². The molecule has 1 amide bonds. The van der Waals surface area contributed by atoms with Crippen LogP contribution in [0, 0.1) is 21.4 Å². The van der Waals surface area contributed by atoms with Gasteiger partial charge in [-0.3, -0.25) is 10.1 Å². The number of nitro benzene ring substituents is 1. The molecule has 8 nitrogen and oxygen atoms in total. The molecule has 1 aromatic rings. The Morgan fingerprint density at radius 2 is 2.30 bits per heavy atom. The van der Waals surface area contributed by atoms with Crippen LogP contribution in [-0.2, 0) is 4.74 Å². The molecular weight excluding hydrogens is 264 g/mol. The fourth-order valence-electron chi connectivity index (χ4n) is 1.94. The third-order valence-corrected chi connectivity index (χ3v) is 3.00. The first kappa shape index (κ1) is 13.6. The second-order valence-corrected chi connectivity index (χ2v) is 4.32. The highest BCUT2D eigenvalue weighted by atomic mass is 16.6. The van der Waals surface area contributed by atoms with Crippen LogP contribution in [0.1, 0.15) is 5.56 Å². The molecule has 0 unspecified atom stereocenters. The molecule has 1 saturated heterocycles. The van der Waals surface area contributed by atoms with E-state index in [0.29, 0.717) is 18.8 Å². The number of nitrogens with one attached hydrogen (secondary N) is 1. The molecule has 1 heterocycles. The Morgan fingerprint density at radius 3 is 2.85 bits per heavy atom. The molecule has 1 fully saturated rings. The number of ether oxygens (including phenoxy) is 1. The average molecular weight is 276 g/mol. The van der Waals surface area contributed by atoms with Crippen molar-refractivity contribution in [3.63, 3.8) is 0 Å². The van der Waals surface area contributed by atoms with Crippen molar-refractivity contribution < 1.29 is 14.5 Å². The van der Waals surface area contributed by atoms with Crippen molar-refractivity contribution in [2.24, 2.45) is 0 Å². The zero-order valence-corrected chi connectivity index (χ0v) is 10.7. The quantitative estimate of drug-likeness (QED) is 0.659. The van der Waals surface area contributed by atoms with Gasteiger partial charge in [0, 0.05) is 19.2 Å². The lowest BCUT2D eigenvalue weighted by molar-refractivity contribution is -0.384. The largest absolute Gasteiger partial charge is 0.453 e. The summed E-state index contributed by atoms with van der Waals surface area (Å²) in [5.74, 6) is 0. The van der Waals surface area contributed by atoms with Crippen LogP contribution in [0.2, 0.25) is 0 Å². The van der Waals surface area contributed by atoms with E-state index in [0.717, 1.165) is 0 Å². The second-order valence-electron chi connectivity index (χ2n) is 4.32. The standard InChI is InChI=1S/C12H12N4O4/c1-20-12(17)15-6-9(7-15)14-10-3-2-8(5-13)4-11(10)16(18)19/h2-4,9,14H,6-7H2,1H3. The number of hydrogen-bond acceptors (Lipinski definition) is 6. The third kappa shape index (κ3) is 2.61. The van der Waals surface area contributed by atoms with Crippen molar-refractivity contribution in [1.29, 1.82) is 5.26 Å². The van der Waals surface area contributed by atoms with Crippen molar-refractivity contribution in [1.82, 2.24) is 4.90 Å². The van der Waals surface area contributed by atoms with Crippen LogP contribution in [0.5, 0.6) is 0 Å². The number of likely N-dealkylation sites (tertiary alicyclic amines) is 1. The number of amides is 1. The van der Waals surface area contributed by atoms with Crippen molar-refractivity contribution in [3.8, 4) is 6.07 Å². The van der Waals surface area contributed by atoms with E-state index in [1.807, 2.05) is 6.07 Å². The van der Waals surface area contributed by atoms with Crippen molar-refractivity contribution in [3.05, 3.63) is 33.9 Å². The van der Waals surface area contributed by atoms with Gasteiger partial charge in [-0.15, -0.1) is 0 Å². The maximum absolute atomic E-state index is 11.2. The van der Waals surface area contributed by atoms with E-state index in [9.17, 15) is 14.9 Å². The Labute approximate surface area is 114 Å². The topological polar surface area (TPSA) is 108 Å². The summed E-state index contributed by atoms with van der Waals surface area (Å²) in [6, 6.07) is 6.01. The predicted molar refractivity (Wildman–Crippen MR) is 69.2 cm³/mol. The summed E-state index contributed by atoms with van der Waals surface area (Å²) >= 11 is 0. The minimum atomic E-state index is -0.542. The van der Waals surface area contributed by atoms with Gasteiger partial charge in [0.25, 0.3) is 5.69 Å². The fraction of sp³-hybridized carbons (Fsp3) is 0.333. The number of rotatable bonds is 3. The number of benzene rings is 1. The minimum absolute atomic E-state index is 0.0688. The molecule has 1 aliphatic heterocycles. The second kappa shape index (κ2) is 5.44. The van der Waals surface area contributed by atoms with Crippen LogP contribution in [0.25, 0.3) is 0 Å². The normalized spacial score (nSPS) is 14.1. The van der Waals surface area contributed by atoms with Gasteiger partial charge >= 0.3 is 6.09 Å². The van der Waals surface area contributed by atoms with Crippen molar-refractivity contribution >= 4 is 17.5 Å². The van der Waals surface area contributed by atoms with E-state index in [-0.39, 0.29) is 17.3 Å². The molecule has 1 N–H and O–H groups in total. The van der Waals surface area contributed by atoms with Gasteiger partial charge in [0.05, 0.1) is 29.7 Å². The summed E-state index contributed by atoms with van der Waals surface area (Å²) in [6.07, 6.45) is -0.419. The highest BCUT2D eigenvalue weighted by Crippen LogP contribution is 2.27. The molecule has 20 heavy (non-hydrogen) atoms. The molecule has 0 bridgehead atoms. The summed E-state index contributed by atoms with van der Waals surface area (Å²) in [6.45, 7) is 0.841. The molecule has 0 aromatic heterocycles. The smallest absolute Gasteiger partial charge is 0.409 e. The number of nitrogens with zero attached hydrogens (tertiary/aromatic N) is 3. The third-order valence-electron chi connectivity index (χ3n) is 3.00. The highest BCUT2D eigenvalue weighted by Gasteiger charge is 2.32. The van der Waals surface area contributed by atoms with Crippen molar-refractivity contribution in [2.75, 3.05) is 25.5 Å². The Morgan fingerprint density at radius 1 is 1.60 bits per heavy atom. The summed E-state index contributed by atoms with van der Waals surface area (Å²) in [4.78, 5) is 23.1. The first-order valence-corrected chi connectivity index (χ1v) is 5.83. The first-order valence-electron chi connectivity index (χ1n) is 5.83. The Kier molecular flexibility index (Phi) is 3.70. The van der Waals surface area contributed by atoms with Crippen molar-refractivity contribution in [2.45, 2.75) is 6.04 Å². The maximum Gasteiger partial charge on any atom is 0.409 e. The molecule has 8 heteroatoms. The van der Waals surface area contributed by atoms with E-state index >= 15 is 0 Å². The van der Waals surface area contributed by atoms with Gasteiger partial charge in [0.15, 0.2) is 0 Å². The van der Waals surface area contributed by atoms with E-state index in [1.54, 1.807) is 0 Å². The maximum atomic E-state index is 11.2. The van der Waals surface area contributed by atoms with Gasteiger partial charge < -0.3 is 15.0 Å². The molecular formula is C12H12N4O4. The molecule has 0 spiro atoms. The van der Waals surface area contributed by atoms with Crippen LogP contribution in [0.3, 0.4) is 0 Å². The highest BCUT2D eigenvalue weighted by molar-refractivity contribution is 5.70. The zero-order valence-electron chi connectivity index (χ0n) is 10.7. The van der Waals surface area contributed by atoms with E-state index in [2.05, 4.69) is 10.1 Å². The number of methoxy groups -OCH3 is 1. The van der Waals surface area contributed by atoms with Gasteiger partial charge in [-0.2, -0.15) is 5.26 Å². The van der Waals surface area contributed by atoms with Gasteiger partial charge in [-0.1, -0.05) is 0 Å². The predicted octanol–water partition coefficient (Wildman–Crippen LogP) is 1.33. The van der Waals surface area contributed by atoms with Crippen LogP contribution in [0.4, 0.5) is 16.2 Å². The van der Waals surface area contributed by atoms with Gasteiger partial charge in [-0.05, 0) is 12.1 Å². The molecule has 1 aliphatic rings. The molecule has 0 atom stereocenters. The number of carbonyl (C=O) groups is 1. The van der Waals surface area contributed by atoms with Crippen LogP contribution in [0.15, 0.2) is 18.2 Å². The van der Waals surface area contributed by atoms with E-state index in [1.165, 1.54) is 30.2 Å². The lowest BCUT2D eigenvalue weighted by atomic mass is 10.1. The summed E-state index contributed by atoms with van der Waals surface area (Å²) < 4.78 is 4.56. The Balaban J connectivity index is 2.06. The first-order chi connectivity index (χ1) is 9.55. The molecule has 0 aliphatic carbocycles. The summed E-state index contributed by atoms with van der Waals surface area (Å²) in [7, 11) is 1.30. The lowest BCUT2D eigenvalue weighted by Gasteiger charge is -2.38. The lowest BCUT2D eigenvalue weighted by Crippen LogP contribution is -2.57. The number of carbonyl (C=O) groups excluding carboxylic acids is 1. The monoisotopic (exact) mass is 276 g/mol. The number of anilines is 1. The van der Waals surface area contributed by atoms with Gasteiger partial charge in [-0.25, -0.2) is 4.79 Å². The average Bonchev–Trinajstić information content (AvgIpc) is 2.41. The Hall–Kier alpha value is -2.82. The number of hydrogen-bond donors (Lipinski definition) is 1. The number of nitriles is 1. The molecule has 0 saturated carbocycles. The molecule has 104 valence electrons. The molecule has 2 rings (SSSR count). The summed E-state index contributed by atoms with van der Waals surface area (Å²) in [5.41, 5.74) is 0.413. The minimum Gasteiger partial charge on any atom is -0.453 e. The van der Waals surface area contributed by atoms with Gasteiger partial charge in [0.1, 0.15) is 5.69 Å². The van der Waals surface area contributed by atoms with Crippen LogP contribution >= 0.6 is 0 Å². The number of nitro groups is 1. The van der Waals surface area contributed by atoms with E-state index < -0.39 is 11.0 Å². The van der Waals surface area contributed by atoms with Gasteiger partial charge in [0.2, 0.25) is 0 Å². The molecule has 1 aromatic carbocycles. The molecule has 0 radical (unpaired) electrons. The Bertz CT molecular complexity index is 590. The zero-order chi connectivity index (χ0) is 14.7. The summed E-state index contributed by atoms with van der Waals surface area (Å²) in [5, 5.41) is 22.7. The SMILES string of the molecule is COC(=O)N1CC(Nc2ccc(C#N)cc2[N+](=O)[O-])C1. The van der Waals surface area contributed by atoms with Crippen LogP contribution in [-0.4, -0.2) is 42.2 Å².